The second-order valence-electron chi connectivity index (χ2n) is 9.73. The number of hydrogen-bond donors (Lipinski definition) is 0. The zero-order valence-corrected chi connectivity index (χ0v) is 17.1. The van der Waals surface area contributed by atoms with Crippen LogP contribution >= 0.6 is 0 Å². The highest BCUT2D eigenvalue weighted by atomic mass is 32.2. The van der Waals surface area contributed by atoms with Crippen LogP contribution in [0.3, 0.4) is 0 Å². The van der Waals surface area contributed by atoms with E-state index in [1.165, 1.54) is 12.1 Å². The van der Waals surface area contributed by atoms with Crippen LogP contribution in [0.1, 0.15) is 52.4 Å². The number of likely N-dealkylation sites (tertiary alicyclic amines) is 1. The Bertz CT molecular complexity index is 760. The lowest BCUT2D eigenvalue weighted by Crippen LogP contribution is -2.56. The maximum atomic E-state index is 12.0. The fourth-order valence-corrected chi connectivity index (χ4v) is 7.52. The van der Waals surface area contributed by atoms with Crippen molar-refractivity contribution in [2.24, 2.45) is 28.6 Å². The van der Waals surface area contributed by atoms with Crippen molar-refractivity contribution in [3.63, 3.8) is 0 Å². The molecule has 6 heteroatoms. The van der Waals surface area contributed by atoms with Crippen LogP contribution in [0.5, 0.6) is 0 Å². The molecule has 0 radical (unpaired) electrons. The molecule has 1 saturated heterocycles. The standard InChI is InChI=1S/C20H31NO4S/c1-19-7-6-16-15(17(19)10-14(11-19)25-26(4,23)24)12-21(3)18-9-13(22)5-8-20(16,18)2/h9,14-17H,5-8,10-12H2,1-4H3/t14?,15-,16+,17+,19-,20-/m1/s1. The van der Waals surface area contributed by atoms with E-state index in [9.17, 15) is 13.2 Å². The zero-order valence-electron chi connectivity index (χ0n) is 16.3. The molecule has 5 nitrogen and oxygen atoms in total. The van der Waals surface area contributed by atoms with Crippen LogP contribution in [-0.2, 0) is 19.1 Å². The van der Waals surface area contributed by atoms with Crippen molar-refractivity contribution >= 4 is 15.9 Å². The normalized spacial score (nSPS) is 45.6. The van der Waals surface area contributed by atoms with Gasteiger partial charge in [-0.3, -0.25) is 8.98 Å². The van der Waals surface area contributed by atoms with Crippen LogP contribution in [0.4, 0.5) is 0 Å². The minimum Gasteiger partial charge on any atom is -0.377 e. The van der Waals surface area contributed by atoms with Gasteiger partial charge in [-0.25, -0.2) is 0 Å². The molecule has 2 saturated carbocycles. The Morgan fingerprint density at radius 2 is 1.96 bits per heavy atom. The topological polar surface area (TPSA) is 63.7 Å². The van der Waals surface area contributed by atoms with E-state index >= 15 is 0 Å². The Morgan fingerprint density at radius 3 is 2.65 bits per heavy atom. The van der Waals surface area contributed by atoms with E-state index in [-0.39, 0.29) is 22.7 Å². The second kappa shape index (κ2) is 5.81. The molecule has 1 heterocycles. The van der Waals surface area contributed by atoms with Gasteiger partial charge < -0.3 is 4.90 Å². The van der Waals surface area contributed by atoms with Gasteiger partial charge in [-0.15, -0.1) is 0 Å². The average molecular weight is 382 g/mol. The minimum atomic E-state index is -3.41. The third-order valence-electron chi connectivity index (χ3n) is 7.96. The van der Waals surface area contributed by atoms with Crippen molar-refractivity contribution in [1.82, 2.24) is 4.90 Å². The molecule has 4 rings (SSSR count). The molecule has 146 valence electrons. The number of carbonyl (C=O) groups is 1. The maximum Gasteiger partial charge on any atom is 0.264 e. The minimum absolute atomic E-state index is 0.0721. The summed E-state index contributed by atoms with van der Waals surface area (Å²) >= 11 is 0. The van der Waals surface area contributed by atoms with Gasteiger partial charge in [0.1, 0.15) is 0 Å². The molecule has 0 aromatic rings. The summed E-state index contributed by atoms with van der Waals surface area (Å²) in [5, 5.41) is 0. The lowest BCUT2D eigenvalue weighted by Gasteiger charge is -2.59. The number of fused-ring (bicyclic) bond motifs is 5. The smallest absolute Gasteiger partial charge is 0.264 e. The summed E-state index contributed by atoms with van der Waals surface area (Å²) < 4.78 is 28.7. The maximum absolute atomic E-state index is 12.0. The Kier molecular flexibility index (Phi) is 4.13. The SMILES string of the molecule is CN1C[C@H]2[C@@H]3CC(OS(C)(=O)=O)C[C@@]3(C)CC[C@@H]2[C@@]2(C)CCC(=O)C=C12. The highest BCUT2D eigenvalue weighted by molar-refractivity contribution is 7.86. The first-order valence-corrected chi connectivity index (χ1v) is 11.7. The van der Waals surface area contributed by atoms with Crippen LogP contribution in [0.25, 0.3) is 0 Å². The summed E-state index contributed by atoms with van der Waals surface area (Å²) in [6.45, 7) is 5.64. The third-order valence-corrected chi connectivity index (χ3v) is 8.59. The Labute approximate surface area is 157 Å². The van der Waals surface area contributed by atoms with Crippen molar-refractivity contribution in [3.8, 4) is 0 Å². The molecule has 3 fully saturated rings. The summed E-state index contributed by atoms with van der Waals surface area (Å²) in [6.07, 6.45) is 8.43. The van der Waals surface area contributed by atoms with E-state index in [1.54, 1.807) is 0 Å². The van der Waals surface area contributed by atoms with E-state index < -0.39 is 10.1 Å². The largest absolute Gasteiger partial charge is 0.377 e. The lowest BCUT2D eigenvalue weighted by atomic mass is 9.50. The molecule has 0 bridgehead atoms. The van der Waals surface area contributed by atoms with Gasteiger partial charge in [0, 0.05) is 37.2 Å². The van der Waals surface area contributed by atoms with Crippen molar-refractivity contribution in [2.75, 3.05) is 19.8 Å². The molecule has 1 unspecified atom stereocenters. The van der Waals surface area contributed by atoms with Crippen molar-refractivity contribution in [1.29, 1.82) is 0 Å². The highest BCUT2D eigenvalue weighted by Crippen LogP contribution is 2.64. The fraction of sp³-hybridized carbons (Fsp3) is 0.850. The van der Waals surface area contributed by atoms with E-state index in [1.807, 2.05) is 6.08 Å². The molecule has 0 aromatic carbocycles. The first-order valence-electron chi connectivity index (χ1n) is 9.86. The Hall–Kier alpha value is -0.880. The first-order chi connectivity index (χ1) is 12.0. The summed E-state index contributed by atoms with van der Waals surface area (Å²) in [4.78, 5) is 14.3. The van der Waals surface area contributed by atoms with Crippen LogP contribution < -0.4 is 0 Å². The summed E-state index contributed by atoms with van der Waals surface area (Å²) in [6, 6.07) is 0. The van der Waals surface area contributed by atoms with Gasteiger partial charge >= 0.3 is 0 Å². The van der Waals surface area contributed by atoms with E-state index in [4.69, 9.17) is 4.18 Å². The van der Waals surface area contributed by atoms with Gasteiger partial charge in [-0.05, 0) is 55.3 Å². The predicted octanol–water partition coefficient (Wildman–Crippen LogP) is 2.97. The van der Waals surface area contributed by atoms with Crippen molar-refractivity contribution in [2.45, 2.75) is 58.5 Å². The fourth-order valence-electron chi connectivity index (χ4n) is 6.88. The number of rotatable bonds is 2. The van der Waals surface area contributed by atoms with E-state index in [0.29, 0.717) is 24.2 Å². The molecule has 0 spiro atoms. The van der Waals surface area contributed by atoms with Gasteiger partial charge in [0.2, 0.25) is 0 Å². The number of piperidine rings is 1. The lowest BCUT2D eigenvalue weighted by molar-refractivity contribution is -0.118. The summed E-state index contributed by atoms with van der Waals surface area (Å²) in [7, 11) is -1.30. The third kappa shape index (κ3) is 2.84. The summed E-state index contributed by atoms with van der Waals surface area (Å²) in [5.74, 6) is 1.87. The average Bonchev–Trinajstić information content (AvgIpc) is 2.83. The molecular weight excluding hydrogens is 350 g/mol. The molecule has 0 aromatic heterocycles. The monoisotopic (exact) mass is 381 g/mol. The summed E-state index contributed by atoms with van der Waals surface area (Å²) in [5.41, 5.74) is 1.46. The molecular formula is C20H31NO4S. The van der Waals surface area contributed by atoms with Gasteiger partial charge in [-0.2, -0.15) is 8.42 Å². The van der Waals surface area contributed by atoms with Crippen LogP contribution in [-0.4, -0.2) is 45.1 Å². The van der Waals surface area contributed by atoms with Gasteiger partial charge in [0.15, 0.2) is 5.78 Å². The molecule has 4 aliphatic rings. The van der Waals surface area contributed by atoms with E-state index in [0.717, 1.165) is 38.5 Å². The van der Waals surface area contributed by atoms with Crippen molar-refractivity contribution < 1.29 is 17.4 Å². The number of allylic oxidation sites excluding steroid dienone is 2. The molecule has 1 aliphatic heterocycles. The van der Waals surface area contributed by atoms with Gasteiger partial charge in [0.05, 0.1) is 12.4 Å². The van der Waals surface area contributed by atoms with E-state index in [2.05, 4.69) is 25.8 Å². The zero-order chi connectivity index (χ0) is 18.9. The number of nitrogens with zero attached hydrogens (tertiary/aromatic N) is 1. The molecule has 0 amide bonds. The van der Waals surface area contributed by atoms with Crippen LogP contribution in [0, 0.1) is 28.6 Å². The number of hydrogen-bond acceptors (Lipinski definition) is 5. The van der Waals surface area contributed by atoms with Crippen molar-refractivity contribution in [3.05, 3.63) is 11.8 Å². The quantitative estimate of drug-likeness (QED) is 0.688. The van der Waals surface area contributed by atoms with Gasteiger partial charge in [-0.1, -0.05) is 13.8 Å². The van der Waals surface area contributed by atoms with Crippen LogP contribution in [0.15, 0.2) is 11.8 Å². The van der Waals surface area contributed by atoms with Gasteiger partial charge in [0.25, 0.3) is 10.1 Å². The highest BCUT2D eigenvalue weighted by Gasteiger charge is 2.59. The molecule has 0 N–H and O–H groups in total. The predicted molar refractivity (Wildman–Crippen MR) is 99.8 cm³/mol. The van der Waals surface area contributed by atoms with Crippen LogP contribution in [0.2, 0.25) is 0 Å². The molecule has 6 atom stereocenters. The first kappa shape index (κ1) is 18.5. The Morgan fingerprint density at radius 1 is 1.23 bits per heavy atom. The Balaban J connectivity index is 1.64. The number of ketones is 1. The molecule has 3 aliphatic carbocycles. The molecule has 26 heavy (non-hydrogen) atoms. The second-order valence-corrected chi connectivity index (χ2v) is 11.3. The number of carbonyl (C=O) groups excluding carboxylic acids is 1.